The van der Waals surface area contributed by atoms with E-state index >= 15 is 0 Å². The molecule has 0 unspecified atom stereocenters. The van der Waals surface area contributed by atoms with Crippen molar-refractivity contribution in [3.05, 3.63) is 82.2 Å². The Balaban J connectivity index is 1.51. The van der Waals surface area contributed by atoms with Crippen molar-refractivity contribution in [1.82, 2.24) is 15.1 Å². The van der Waals surface area contributed by atoms with Crippen LogP contribution < -0.4 is 4.74 Å². The smallest absolute Gasteiger partial charge is 0.122 e. The number of hydrogen-bond donors (Lipinski definition) is 2. The number of ether oxygens (including phenoxy) is 1. The van der Waals surface area contributed by atoms with E-state index in [1.165, 1.54) is 11.1 Å². The number of aliphatic hydroxyl groups is 1. The summed E-state index contributed by atoms with van der Waals surface area (Å²) in [6, 6.07) is 16.4. The topological polar surface area (TPSA) is 61.4 Å². The molecule has 2 aromatic carbocycles. The highest BCUT2D eigenvalue weighted by Crippen LogP contribution is 2.33. The molecule has 5 nitrogen and oxygen atoms in total. The van der Waals surface area contributed by atoms with Gasteiger partial charge in [-0.15, -0.1) is 0 Å². The molecule has 0 spiro atoms. The lowest BCUT2D eigenvalue weighted by Gasteiger charge is -2.24. The molecule has 5 heteroatoms. The number of nitrogens with zero attached hydrogens (tertiary/aromatic N) is 2. The van der Waals surface area contributed by atoms with Gasteiger partial charge in [-0.25, -0.2) is 0 Å². The molecule has 0 saturated carbocycles. The van der Waals surface area contributed by atoms with Crippen molar-refractivity contribution < 1.29 is 9.84 Å². The predicted molar refractivity (Wildman–Crippen MR) is 114 cm³/mol. The van der Waals surface area contributed by atoms with Crippen molar-refractivity contribution in [2.75, 3.05) is 20.2 Å². The summed E-state index contributed by atoms with van der Waals surface area (Å²) >= 11 is 0. The molecule has 1 aliphatic rings. The van der Waals surface area contributed by atoms with E-state index in [1.54, 1.807) is 7.11 Å². The van der Waals surface area contributed by atoms with Gasteiger partial charge in [0.15, 0.2) is 0 Å². The number of nitrogens with one attached hydrogen (secondary N) is 1. The number of rotatable bonds is 6. The van der Waals surface area contributed by atoms with Gasteiger partial charge in [0.25, 0.3) is 0 Å². The molecule has 4 rings (SSSR count). The summed E-state index contributed by atoms with van der Waals surface area (Å²) in [7, 11) is 1.72. The second-order valence-electron chi connectivity index (χ2n) is 8.09. The first-order valence-corrected chi connectivity index (χ1v) is 10.1. The van der Waals surface area contributed by atoms with Crippen LogP contribution in [0, 0.1) is 13.8 Å². The van der Waals surface area contributed by atoms with Crippen molar-refractivity contribution in [3.63, 3.8) is 0 Å². The highest BCUT2D eigenvalue weighted by atomic mass is 16.5. The van der Waals surface area contributed by atoms with Gasteiger partial charge >= 0.3 is 0 Å². The summed E-state index contributed by atoms with van der Waals surface area (Å²) in [5, 5.41) is 18.5. The van der Waals surface area contributed by atoms with Crippen LogP contribution in [0.15, 0.2) is 48.5 Å². The molecule has 1 fully saturated rings. The van der Waals surface area contributed by atoms with Crippen LogP contribution in [0.2, 0.25) is 0 Å². The molecule has 2 N–H and O–H groups in total. The minimum atomic E-state index is -0.762. The number of aryl methyl sites for hydroxylation is 2. The van der Waals surface area contributed by atoms with Crippen LogP contribution in [0.25, 0.3) is 0 Å². The molecule has 0 amide bonds. The monoisotopic (exact) mass is 391 g/mol. The predicted octanol–water partition coefficient (Wildman–Crippen LogP) is 3.72. The van der Waals surface area contributed by atoms with Gasteiger partial charge in [0.2, 0.25) is 0 Å². The number of β-amino-alcohol motifs (C(OH)–C–C–N with tert-alkyl or cyclic N) is 1. The summed E-state index contributed by atoms with van der Waals surface area (Å²) in [5.41, 5.74) is 5.99. The second kappa shape index (κ2) is 8.01. The highest BCUT2D eigenvalue weighted by Gasteiger charge is 2.37. The zero-order valence-electron chi connectivity index (χ0n) is 17.4. The number of hydrogen-bond acceptors (Lipinski definition) is 4. The molecule has 2 heterocycles. The second-order valence-corrected chi connectivity index (χ2v) is 8.09. The number of methoxy groups -OCH3 is 1. The van der Waals surface area contributed by atoms with E-state index in [0.717, 1.165) is 54.2 Å². The standard InChI is InChI=1S/C24H29N3O2/c1-17-22(18(2)26-25-17)14-20-13-19(9-10-23(20)29-3)15-27-12-11-24(28,16-27)21-7-5-4-6-8-21/h4-10,13,28H,11-12,14-16H2,1-3H3,(H,25,26)/t24-/m1/s1. The summed E-state index contributed by atoms with van der Waals surface area (Å²) in [6.45, 7) is 6.44. The van der Waals surface area contributed by atoms with Crippen LogP contribution >= 0.6 is 0 Å². The van der Waals surface area contributed by atoms with Crippen LogP contribution in [0.4, 0.5) is 0 Å². The third-order valence-corrected chi connectivity index (χ3v) is 6.04. The van der Waals surface area contributed by atoms with Gasteiger partial charge in [0.05, 0.1) is 12.8 Å². The van der Waals surface area contributed by atoms with Crippen LogP contribution in [-0.2, 0) is 18.6 Å². The number of aromatic nitrogens is 2. The maximum Gasteiger partial charge on any atom is 0.122 e. The fourth-order valence-electron chi connectivity index (χ4n) is 4.34. The Bertz CT molecular complexity index is 964. The largest absolute Gasteiger partial charge is 0.496 e. The lowest BCUT2D eigenvalue weighted by Crippen LogP contribution is -2.30. The Morgan fingerprint density at radius 1 is 1.17 bits per heavy atom. The van der Waals surface area contributed by atoms with Gasteiger partial charge in [-0.05, 0) is 43.0 Å². The zero-order chi connectivity index (χ0) is 20.4. The Kier molecular flexibility index (Phi) is 5.43. The Labute approximate surface area is 172 Å². The molecule has 1 saturated heterocycles. The van der Waals surface area contributed by atoms with Gasteiger partial charge in [-0.2, -0.15) is 5.10 Å². The van der Waals surface area contributed by atoms with E-state index in [9.17, 15) is 5.11 Å². The van der Waals surface area contributed by atoms with E-state index in [1.807, 2.05) is 37.3 Å². The minimum absolute atomic E-state index is 0.651. The fourth-order valence-corrected chi connectivity index (χ4v) is 4.34. The van der Waals surface area contributed by atoms with E-state index in [4.69, 9.17) is 4.74 Å². The number of benzene rings is 2. The Morgan fingerprint density at radius 3 is 2.66 bits per heavy atom. The Hall–Kier alpha value is -2.63. The van der Waals surface area contributed by atoms with Crippen molar-refractivity contribution in [1.29, 1.82) is 0 Å². The number of aromatic amines is 1. The summed E-state index contributed by atoms with van der Waals surface area (Å²) in [6.07, 6.45) is 1.55. The maximum atomic E-state index is 11.1. The quantitative estimate of drug-likeness (QED) is 0.672. The Morgan fingerprint density at radius 2 is 1.97 bits per heavy atom. The zero-order valence-corrected chi connectivity index (χ0v) is 17.4. The van der Waals surface area contributed by atoms with E-state index in [-0.39, 0.29) is 0 Å². The molecular weight excluding hydrogens is 362 g/mol. The average Bonchev–Trinajstić information content (AvgIpc) is 3.26. The van der Waals surface area contributed by atoms with E-state index in [0.29, 0.717) is 6.54 Å². The minimum Gasteiger partial charge on any atom is -0.496 e. The highest BCUT2D eigenvalue weighted by molar-refractivity contribution is 5.42. The number of H-pyrrole nitrogens is 1. The maximum absolute atomic E-state index is 11.1. The van der Waals surface area contributed by atoms with Crippen molar-refractivity contribution in [2.24, 2.45) is 0 Å². The first-order valence-electron chi connectivity index (χ1n) is 10.1. The van der Waals surface area contributed by atoms with Gasteiger partial charge in [-0.1, -0.05) is 42.5 Å². The molecule has 29 heavy (non-hydrogen) atoms. The summed E-state index contributed by atoms with van der Waals surface area (Å²) < 4.78 is 5.61. The molecule has 1 aliphatic heterocycles. The molecule has 0 radical (unpaired) electrons. The first kappa shape index (κ1) is 19.7. The first-order chi connectivity index (χ1) is 14.0. The lowest BCUT2D eigenvalue weighted by atomic mass is 9.93. The van der Waals surface area contributed by atoms with Crippen molar-refractivity contribution in [2.45, 2.75) is 38.8 Å². The van der Waals surface area contributed by atoms with E-state index < -0.39 is 5.60 Å². The number of likely N-dealkylation sites (tertiary alicyclic amines) is 1. The normalized spacial score (nSPS) is 19.6. The molecule has 0 aliphatic carbocycles. The SMILES string of the molecule is COc1ccc(CN2CC[C@](O)(c3ccccc3)C2)cc1Cc1c(C)n[nH]c1C. The summed E-state index contributed by atoms with van der Waals surface area (Å²) in [4.78, 5) is 2.33. The lowest BCUT2D eigenvalue weighted by molar-refractivity contribution is 0.0453. The van der Waals surface area contributed by atoms with Crippen LogP contribution in [0.5, 0.6) is 5.75 Å². The third-order valence-electron chi connectivity index (χ3n) is 6.04. The van der Waals surface area contributed by atoms with Crippen LogP contribution in [0.1, 0.15) is 40.1 Å². The molecule has 0 bridgehead atoms. The molecule has 1 atom stereocenters. The average molecular weight is 392 g/mol. The molecule has 3 aromatic rings. The van der Waals surface area contributed by atoms with Gasteiger partial charge < -0.3 is 9.84 Å². The van der Waals surface area contributed by atoms with Gasteiger partial charge in [-0.3, -0.25) is 10.00 Å². The third kappa shape index (κ3) is 4.07. The fraction of sp³-hybridized carbons (Fsp3) is 0.375. The van der Waals surface area contributed by atoms with Crippen LogP contribution in [0.3, 0.4) is 0 Å². The van der Waals surface area contributed by atoms with Gasteiger partial charge in [0.1, 0.15) is 11.4 Å². The molecule has 1 aromatic heterocycles. The molecular formula is C24H29N3O2. The van der Waals surface area contributed by atoms with E-state index in [2.05, 4.69) is 40.2 Å². The van der Waals surface area contributed by atoms with Gasteiger partial charge in [0, 0.05) is 37.3 Å². The summed E-state index contributed by atoms with van der Waals surface area (Å²) in [5.74, 6) is 0.899. The molecule has 152 valence electrons. The van der Waals surface area contributed by atoms with Crippen molar-refractivity contribution >= 4 is 0 Å². The van der Waals surface area contributed by atoms with Crippen molar-refractivity contribution in [3.8, 4) is 5.75 Å². The van der Waals surface area contributed by atoms with Crippen LogP contribution in [-0.4, -0.2) is 40.4 Å².